The predicted molar refractivity (Wildman–Crippen MR) is 95.2 cm³/mol. The number of nitrogens with one attached hydrogen (secondary N) is 2. The standard InChI is InChI=1S/C17H12N4O4S/c1-9-10-4-2-3-5-12(10)25-13(9)15(23)20-19-14(22)11-8-18-17-21(16(11)24)6-7-26-17/h2-8H,1H3,(H,19,22)(H,20,23). The topological polar surface area (TPSA) is 106 Å². The van der Waals surface area contributed by atoms with Gasteiger partial charge in [-0.1, -0.05) is 18.2 Å². The Morgan fingerprint density at radius 3 is 2.77 bits per heavy atom. The van der Waals surface area contributed by atoms with E-state index in [-0.39, 0.29) is 11.3 Å². The molecule has 0 bridgehead atoms. The number of hydrazine groups is 1. The lowest BCUT2D eigenvalue weighted by Gasteiger charge is -2.06. The molecule has 3 aromatic heterocycles. The summed E-state index contributed by atoms with van der Waals surface area (Å²) < 4.78 is 6.80. The van der Waals surface area contributed by atoms with E-state index < -0.39 is 17.4 Å². The Balaban J connectivity index is 1.54. The number of thiazole rings is 1. The van der Waals surface area contributed by atoms with Crippen LogP contribution in [0.5, 0.6) is 0 Å². The van der Waals surface area contributed by atoms with Crippen molar-refractivity contribution < 1.29 is 14.0 Å². The maximum Gasteiger partial charge on any atom is 0.305 e. The summed E-state index contributed by atoms with van der Waals surface area (Å²) in [5.74, 6) is -1.28. The SMILES string of the molecule is Cc1c(C(=O)NNC(=O)c2cnc3sccn3c2=O)oc2ccccc12. The van der Waals surface area contributed by atoms with E-state index in [1.54, 1.807) is 24.4 Å². The average molecular weight is 368 g/mol. The molecule has 4 rings (SSSR count). The number of aromatic nitrogens is 2. The predicted octanol–water partition coefficient (Wildman–Crippen LogP) is 1.89. The van der Waals surface area contributed by atoms with Crippen LogP contribution in [0, 0.1) is 6.92 Å². The van der Waals surface area contributed by atoms with Crippen molar-refractivity contribution >= 4 is 39.1 Å². The lowest BCUT2D eigenvalue weighted by atomic mass is 10.1. The summed E-state index contributed by atoms with van der Waals surface area (Å²) >= 11 is 1.28. The molecule has 130 valence electrons. The van der Waals surface area contributed by atoms with Crippen molar-refractivity contribution in [3.8, 4) is 0 Å². The van der Waals surface area contributed by atoms with Crippen molar-refractivity contribution in [3.63, 3.8) is 0 Å². The number of rotatable bonds is 2. The zero-order valence-electron chi connectivity index (χ0n) is 13.5. The summed E-state index contributed by atoms with van der Waals surface area (Å²) in [5, 5.41) is 2.51. The molecule has 0 unspecified atom stereocenters. The first kappa shape index (κ1) is 16.0. The molecule has 0 saturated carbocycles. The molecule has 0 spiro atoms. The van der Waals surface area contributed by atoms with E-state index in [2.05, 4.69) is 15.8 Å². The molecule has 9 heteroatoms. The highest BCUT2D eigenvalue weighted by atomic mass is 32.1. The van der Waals surface area contributed by atoms with Crippen molar-refractivity contribution in [1.82, 2.24) is 20.2 Å². The summed E-state index contributed by atoms with van der Waals surface area (Å²) in [4.78, 5) is 41.3. The molecule has 0 saturated heterocycles. The monoisotopic (exact) mass is 368 g/mol. The van der Waals surface area contributed by atoms with E-state index in [9.17, 15) is 14.4 Å². The van der Waals surface area contributed by atoms with Crippen LogP contribution in [-0.2, 0) is 0 Å². The van der Waals surface area contributed by atoms with Crippen LogP contribution in [0.1, 0.15) is 26.5 Å². The number of hydrogen-bond donors (Lipinski definition) is 2. The second kappa shape index (κ2) is 6.12. The Labute approximate surface area is 150 Å². The molecule has 0 aliphatic rings. The number of carbonyl (C=O) groups is 2. The second-order valence-corrected chi connectivity index (χ2v) is 6.37. The van der Waals surface area contributed by atoms with Crippen LogP contribution in [-0.4, -0.2) is 21.2 Å². The van der Waals surface area contributed by atoms with Gasteiger partial charge in [0.1, 0.15) is 11.1 Å². The molecule has 26 heavy (non-hydrogen) atoms. The Bertz CT molecular complexity index is 1220. The van der Waals surface area contributed by atoms with Gasteiger partial charge in [-0.25, -0.2) is 4.98 Å². The van der Waals surface area contributed by atoms with Gasteiger partial charge in [0.2, 0.25) is 0 Å². The van der Waals surface area contributed by atoms with Crippen LogP contribution in [0.2, 0.25) is 0 Å². The fourth-order valence-electron chi connectivity index (χ4n) is 2.61. The molecule has 2 N–H and O–H groups in total. The average Bonchev–Trinajstić information content (AvgIpc) is 3.25. The molecule has 0 radical (unpaired) electrons. The lowest BCUT2D eigenvalue weighted by molar-refractivity contribution is 0.0830. The molecule has 3 heterocycles. The number of fused-ring (bicyclic) bond motifs is 2. The minimum atomic E-state index is -0.759. The summed E-state index contributed by atoms with van der Waals surface area (Å²) in [5.41, 5.74) is 5.03. The van der Waals surface area contributed by atoms with E-state index in [4.69, 9.17) is 4.42 Å². The molecule has 0 aliphatic carbocycles. The number of para-hydroxylation sites is 1. The number of benzene rings is 1. The van der Waals surface area contributed by atoms with Gasteiger partial charge in [0.25, 0.3) is 11.5 Å². The highest BCUT2D eigenvalue weighted by molar-refractivity contribution is 7.15. The molecule has 4 aromatic rings. The van der Waals surface area contributed by atoms with Crippen LogP contribution in [0.3, 0.4) is 0 Å². The van der Waals surface area contributed by atoms with E-state index in [0.29, 0.717) is 16.1 Å². The van der Waals surface area contributed by atoms with E-state index in [0.717, 1.165) is 5.39 Å². The Kier molecular flexibility index (Phi) is 3.77. The maximum atomic E-state index is 12.3. The van der Waals surface area contributed by atoms with Gasteiger partial charge >= 0.3 is 5.91 Å². The summed E-state index contributed by atoms with van der Waals surface area (Å²) in [6, 6.07) is 7.23. The van der Waals surface area contributed by atoms with Gasteiger partial charge in [-0.05, 0) is 13.0 Å². The lowest BCUT2D eigenvalue weighted by Crippen LogP contribution is -2.43. The summed E-state index contributed by atoms with van der Waals surface area (Å²) in [7, 11) is 0. The van der Waals surface area contributed by atoms with Crippen molar-refractivity contribution in [3.05, 3.63) is 69.3 Å². The first-order chi connectivity index (χ1) is 12.6. The molecular weight excluding hydrogens is 356 g/mol. The van der Waals surface area contributed by atoms with E-state index in [1.807, 2.05) is 12.1 Å². The Morgan fingerprint density at radius 1 is 1.19 bits per heavy atom. The van der Waals surface area contributed by atoms with Crippen molar-refractivity contribution in [2.75, 3.05) is 0 Å². The van der Waals surface area contributed by atoms with Gasteiger partial charge in [0, 0.05) is 28.7 Å². The molecule has 1 aromatic carbocycles. The van der Waals surface area contributed by atoms with Gasteiger partial charge in [0.05, 0.1) is 0 Å². The number of carbonyl (C=O) groups excluding carboxylic acids is 2. The van der Waals surface area contributed by atoms with Crippen LogP contribution in [0.4, 0.5) is 0 Å². The molecule has 0 aliphatic heterocycles. The van der Waals surface area contributed by atoms with Gasteiger partial charge < -0.3 is 4.42 Å². The smallest absolute Gasteiger partial charge is 0.305 e. The first-order valence-corrected chi connectivity index (χ1v) is 8.48. The highest BCUT2D eigenvalue weighted by Gasteiger charge is 2.19. The van der Waals surface area contributed by atoms with Crippen molar-refractivity contribution in [1.29, 1.82) is 0 Å². The van der Waals surface area contributed by atoms with Gasteiger partial charge in [-0.2, -0.15) is 0 Å². The first-order valence-electron chi connectivity index (χ1n) is 7.60. The molecule has 8 nitrogen and oxygen atoms in total. The third-order valence-corrected chi connectivity index (χ3v) is 4.70. The minimum absolute atomic E-state index is 0.0923. The van der Waals surface area contributed by atoms with Crippen LogP contribution in [0.15, 0.2) is 51.3 Å². The van der Waals surface area contributed by atoms with Gasteiger partial charge in [-0.3, -0.25) is 29.6 Å². The summed E-state index contributed by atoms with van der Waals surface area (Å²) in [6.45, 7) is 1.75. The van der Waals surface area contributed by atoms with E-state index >= 15 is 0 Å². The number of aryl methyl sites for hydroxylation is 1. The van der Waals surface area contributed by atoms with Gasteiger partial charge in [-0.15, -0.1) is 11.3 Å². The van der Waals surface area contributed by atoms with Crippen LogP contribution >= 0.6 is 11.3 Å². The van der Waals surface area contributed by atoms with Crippen LogP contribution < -0.4 is 16.4 Å². The Morgan fingerprint density at radius 2 is 1.96 bits per heavy atom. The zero-order chi connectivity index (χ0) is 18.3. The molecule has 0 fully saturated rings. The molecular formula is C17H12N4O4S. The molecule has 0 atom stereocenters. The fraction of sp³-hybridized carbons (Fsp3) is 0.0588. The third kappa shape index (κ3) is 2.54. The quantitative estimate of drug-likeness (QED) is 0.526. The van der Waals surface area contributed by atoms with Crippen LogP contribution in [0.25, 0.3) is 15.9 Å². The second-order valence-electron chi connectivity index (χ2n) is 5.49. The third-order valence-electron chi connectivity index (χ3n) is 3.93. The largest absolute Gasteiger partial charge is 0.451 e. The number of nitrogens with zero attached hydrogens (tertiary/aromatic N) is 2. The highest BCUT2D eigenvalue weighted by Crippen LogP contribution is 2.24. The number of amides is 2. The van der Waals surface area contributed by atoms with E-state index in [1.165, 1.54) is 28.1 Å². The maximum absolute atomic E-state index is 12.3. The fourth-order valence-corrected chi connectivity index (χ4v) is 3.28. The molecule has 2 amide bonds. The zero-order valence-corrected chi connectivity index (χ0v) is 14.3. The minimum Gasteiger partial charge on any atom is -0.451 e. The van der Waals surface area contributed by atoms with Crippen molar-refractivity contribution in [2.24, 2.45) is 0 Å². The summed E-state index contributed by atoms with van der Waals surface area (Å²) in [6.07, 6.45) is 2.71. The number of hydrogen-bond acceptors (Lipinski definition) is 6. The number of furan rings is 1. The van der Waals surface area contributed by atoms with Crippen molar-refractivity contribution in [2.45, 2.75) is 6.92 Å². The normalized spacial score (nSPS) is 11.0. The van der Waals surface area contributed by atoms with Gasteiger partial charge in [0.15, 0.2) is 10.7 Å². The Hall–Kier alpha value is -3.46.